The maximum atomic E-state index is 8.25. The Balaban J connectivity index is 0. The van der Waals surface area contributed by atoms with Crippen LogP contribution in [0.3, 0.4) is 0 Å². The molecule has 0 atom stereocenters. The van der Waals surface area contributed by atoms with E-state index in [0.29, 0.717) is 0 Å². The first-order valence-corrected chi connectivity index (χ1v) is 2.57. The Kier molecular flexibility index (Phi) is 12.1. The molecule has 9 heavy (non-hydrogen) atoms. The molecule has 0 unspecified atom stereocenters. The molecule has 4 heteroatoms. The van der Waals surface area contributed by atoms with Crippen molar-refractivity contribution in [3.05, 3.63) is 28.0 Å². The molecule has 0 saturated carbocycles. The summed E-state index contributed by atoms with van der Waals surface area (Å²) in [5.41, 5.74) is 0. The predicted molar refractivity (Wildman–Crippen MR) is 35.5 cm³/mol. The van der Waals surface area contributed by atoms with Crippen LogP contribution < -0.4 is 0 Å². The second kappa shape index (κ2) is 10.0. The van der Waals surface area contributed by atoms with E-state index in [4.69, 9.17) is 15.3 Å². The second-order valence-electron chi connectivity index (χ2n) is 1.30. The Morgan fingerprint density at radius 1 is 1.67 bits per heavy atom. The SMILES string of the molecule is C=CCCC.O=[N+]([O-])[O-]. The third-order valence-corrected chi connectivity index (χ3v) is 0.493. The number of unbranched alkanes of at least 4 members (excludes halogenated alkanes) is 1. The van der Waals surface area contributed by atoms with Crippen LogP contribution in [0.4, 0.5) is 0 Å². The average molecular weight is 132 g/mol. The lowest BCUT2D eigenvalue weighted by Gasteiger charge is -1.74. The van der Waals surface area contributed by atoms with E-state index in [2.05, 4.69) is 13.5 Å². The van der Waals surface area contributed by atoms with Gasteiger partial charge < -0.3 is 15.3 Å². The Hall–Kier alpha value is -1.06. The number of rotatable bonds is 2. The number of nitrogens with zero attached hydrogens (tertiary/aromatic N) is 1. The molecule has 0 N–H and O–H groups in total. The molecular weight excluding hydrogens is 122 g/mol. The quantitative estimate of drug-likeness (QED) is 0.326. The zero-order chi connectivity index (χ0) is 7.70. The summed E-state index contributed by atoms with van der Waals surface area (Å²) in [6.07, 6.45) is 4.31. The normalized spacial score (nSPS) is 6.78. The summed E-state index contributed by atoms with van der Waals surface area (Å²) in [6.45, 7) is 5.69. The van der Waals surface area contributed by atoms with Gasteiger partial charge in [0.15, 0.2) is 0 Å². The number of hydrogen-bond donors (Lipinski definition) is 0. The van der Waals surface area contributed by atoms with Crippen LogP contribution in [0, 0.1) is 15.3 Å². The molecule has 0 aliphatic heterocycles. The van der Waals surface area contributed by atoms with Crippen LogP contribution in [-0.2, 0) is 0 Å². The third-order valence-electron chi connectivity index (χ3n) is 0.493. The van der Waals surface area contributed by atoms with Crippen LogP contribution in [0.2, 0.25) is 0 Å². The van der Waals surface area contributed by atoms with Crippen molar-refractivity contribution < 1.29 is 5.09 Å². The summed E-state index contributed by atoms with van der Waals surface area (Å²) in [5, 5.41) is 14.8. The van der Waals surface area contributed by atoms with Gasteiger partial charge in [0.1, 0.15) is 0 Å². The van der Waals surface area contributed by atoms with E-state index in [9.17, 15) is 0 Å². The first-order chi connectivity index (χ1) is 4.15. The second-order valence-corrected chi connectivity index (χ2v) is 1.30. The van der Waals surface area contributed by atoms with Crippen LogP contribution in [-0.4, -0.2) is 5.09 Å². The molecule has 0 aromatic heterocycles. The molecule has 54 valence electrons. The summed E-state index contributed by atoms with van der Waals surface area (Å²) >= 11 is 0. The molecule has 0 aliphatic carbocycles. The highest BCUT2D eigenvalue weighted by Crippen LogP contribution is 1.82. The standard InChI is InChI=1S/C5H10.NO3/c1-3-5-4-2;2-1(3)4/h3H,1,4-5H2,2H3;/q;-1. The van der Waals surface area contributed by atoms with E-state index in [0.717, 1.165) is 6.42 Å². The first kappa shape index (κ1) is 10.8. The lowest BCUT2D eigenvalue weighted by molar-refractivity contribution is -0.402. The zero-order valence-corrected chi connectivity index (χ0v) is 5.37. The minimum atomic E-state index is -1.75. The Morgan fingerprint density at radius 3 is 2.00 bits per heavy atom. The molecule has 0 aromatic rings. The van der Waals surface area contributed by atoms with Crippen molar-refractivity contribution in [3.63, 3.8) is 0 Å². The van der Waals surface area contributed by atoms with E-state index < -0.39 is 5.09 Å². The van der Waals surface area contributed by atoms with Gasteiger partial charge in [-0.15, -0.1) is 6.58 Å². The highest BCUT2D eigenvalue weighted by molar-refractivity contribution is 4.63. The van der Waals surface area contributed by atoms with E-state index in [1.54, 1.807) is 0 Å². The molecule has 0 radical (unpaired) electrons. The van der Waals surface area contributed by atoms with Gasteiger partial charge in [0.05, 0.1) is 5.09 Å². The average Bonchev–Trinajstić information content (AvgIpc) is 1.66. The molecule has 0 amide bonds. The van der Waals surface area contributed by atoms with Crippen molar-refractivity contribution in [2.24, 2.45) is 0 Å². The number of hydrogen-bond acceptors (Lipinski definition) is 3. The molecule has 4 nitrogen and oxygen atoms in total. The predicted octanol–water partition coefficient (Wildman–Crippen LogP) is 1.73. The van der Waals surface area contributed by atoms with Crippen molar-refractivity contribution in [3.8, 4) is 0 Å². The summed E-state index contributed by atoms with van der Waals surface area (Å²) < 4.78 is 0. The van der Waals surface area contributed by atoms with E-state index in [1.807, 2.05) is 6.08 Å². The summed E-state index contributed by atoms with van der Waals surface area (Å²) in [5.74, 6) is 0. The van der Waals surface area contributed by atoms with Crippen LogP contribution in [0.25, 0.3) is 0 Å². The first-order valence-electron chi connectivity index (χ1n) is 2.57. The van der Waals surface area contributed by atoms with Gasteiger partial charge in [-0.2, -0.15) is 0 Å². The zero-order valence-electron chi connectivity index (χ0n) is 5.37. The van der Waals surface area contributed by atoms with Gasteiger partial charge in [-0.05, 0) is 6.42 Å². The van der Waals surface area contributed by atoms with Gasteiger partial charge in [-0.1, -0.05) is 19.4 Å². The fourth-order valence-electron chi connectivity index (χ4n) is 0.204. The van der Waals surface area contributed by atoms with Crippen molar-refractivity contribution in [1.29, 1.82) is 0 Å². The van der Waals surface area contributed by atoms with Crippen LogP contribution in [0.5, 0.6) is 0 Å². The topological polar surface area (TPSA) is 66.2 Å². The Bertz CT molecular complexity index is 78.3. The molecule has 0 bridgehead atoms. The van der Waals surface area contributed by atoms with Crippen LogP contribution >= 0.6 is 0 Å². The lowest BCUT2D eigenvalue weighted by atomic mass is 10.3. The van der Waals surface area contributed by atoms with Gasteiger partial charge in [0, 0.05) is 0 Å². The van der Waals surface area contributed by atoms with Gasteiger partial charge in [0.2, 0.25) is 0 Å². The minimum absolute atomic E-state index is 1.15. The van der Waals surface area contributed by atoms with Gasteiger partial charge in [-0.25, -0.2) is 0 Å². The fraction of sp³-hybridized carbons (Fsp3) is 0.600. The maximum absolute atomic E-state index is 8.25. The Morgan fingerprint density at radius 2 is 2.00 bits per heavy atom. The third kappa shape index (κ3) is 192. The molecule has 0 fully saturated rings. The molecule has 0 saturated heterocycles. The smallest absolute Gasteiger partial charge is 0.0689 e. The highest BCUT2D eigenvalue weighted by Gasteiger charge is 1.61. The fourth-order valence-corrected chi connectivity index (χ4v) is 0.204. The monoisotopic (exact) mass is 132 g/mol. The molecule has 0 aromatic carbocycles. The van der Waals surface area contributed by atoms with Crippen LogP contribution in [0.1, 0.15) is 19.8 Å². The lowest BCUT2D eigenvalue weighted by Crippen LogP contribution is -1.74. The van der Waals surface area contributed by atoms with Gasteiger partial charge in [-0.3, -0.25) is 0 Å². The van der Waals surface area contributed by atoms with Crippen molar-refractivity contribution in [1.82, 2.24) is 0 Å². The summed E-state index contributed by atoms with van der Waals surface area (Å²) in [4.78, 5) is 8.25. The van der Waals surface area contributed by atoms with Crippen molar-refractivity contribution >= 4 is 0 Å². The van der Waals surface area contributed by atoms with E-state index in [1.165, 1.54) is 6.42 Å². The molecule has 0 aliphatic rings. The largest absolute Gasteiger partial charge is 0.356 e. The van der Waals surface area contributed by atoms with E-state index in [-0.39, 0.29) is 0 Å². The molecule has 0 spiro atoms. The van der Waals surface area contributed by atoms with Crippen molar-refractivity contribution in [2.45, 2.75) is 19.8 Å². The van der Waals surface area contributed by atoms with Crippen LogP contribution in [0.15, 0.2) is 12.7 Å². The number of allylic oxidation sites excluding steroid dienone is 1. The van der Waals surface area contributed by atoms with E-state index >= 15 is 0 Å². The minimum Gasteiger partial charge on any atom is -0.356 e. The Labute approximate surface area is 53.9 Å². The highest BCUT2D eigenvalue weighted by atomic mass is 16.9. The van der Waals surface area contributed by atoms with Gasteiger partial charge in [0.25, 0.3) is 0 Å². The molecule has 0 rings (SSSR count). The maximum Gasteiger partial charge on any atom is 0.0689 e. The summed E-state index contributed by atoms with van der Waals surface area (Å²) in [6, 6.07) is 0. The molecule has 0 heterocycles. The molecular formula is C5H10NO3-. The van der Waals surface area contributed by atoms with Gasteiger partial charge >= 0.3 is 0 Å². The van der Waals surface area contributed by atoms with Crippen molar-refractivity contribution in [2.75, 3.05) is 0 Å². The summed E-state index contributed by atoms with van der Waals surface area (Å²) in [7, 11) is 0.